The number of H-pyrrole nitrogens is 2. The summed E-state index contributed by atoms with van der Waals surface area (Å²) in [6.45, 7) is 8.73. The molecule has 0 saturated heterocycles. The SMILES string of the molecule is [C-]#[N+]c1ccc(-c2c3nc(c(-c4ccc(OCCCN5C(=O)c6ccccc6C5=O)cc4)c4ccc([nH]4)c(-c4ccc(C#N)cc4)c4nc(c(-c5ccc(OCCCN6C(=O)c7ccccc7C6=O)cc5)c5ccc2[nH]5)C=C4)C=C3)cc1. The van der Waals surface area contributed by atoms with E-state index in [1.807, 2.05) is 121 Å². The van der Waals surface area contributed by atoms with Gasteiger partial charge in [0.15, 0.2) is 5.69 Å². The van der Waals surface area contributed by atoms with Crippen LogP contribution >= 0.6 is 0 Å². The minimum absolute atomic E-state index is 0.233. The molecule has 0 unspecified atom stereocenters. The summed E-state index contributed by atoms with van der Waals surface area (Å²) in [4.78, 5) is 76.4. The van der Waals surface area contributed by atoms with Crippen molar-refractivity contribution >= 4 is 75.7 Å². The number of nitrogens with one attached hydrogen (secondary N) is 2. The van der Waals surface area contributed by atoms with E-state index in [1.54, 1.807) is 72.8 Å². The molecule has 394 valence electrons. The van der Waals surface area contributed by atoms with Crippen LogP contribution in [-0.4, -0.2) is 79.7 Å². The number of ether oxygens (including phenoxy) is 2. The van der Waals surface area contributed by atoms with Crippen LogP contribution in [0.15, 0.2) is 170 Å². The molecule has 8 bridgehead atoms. The number of hydrogen-bond donors (Lipinski definition) is 2. The van der Waals surface area contributed by atoms with Crippen LogP contribution in [0.25, 0.3) is 95.7 Å². The molecule has 0 saturated carbocycles. The Labute approximate surface area is 470 Å². The van der Waals surface area contributed by atoms with Gasteiger partial charge in [0.05, 0.1) is 76.4 Å². The van der Waals surface area contributed by atoms with Gasteiger partial charge in [-0.1, -0.05) is 84.9 Å². The highest BCUT2D eigenvalue weighted by Gasteiger charge is 2.36. The Kier molecular flexibility index (Phi) is 13.0. The van der Waals surface area contributed by atoms with Gasteiger partial charge >= 0.3 is 0 Å². The molecule has 0 atom stereocenters. The summed E-state index contributed by atoms with van der Waals surface area (Å²) < 4.78 is 12.4. The highest BCUT2D eigenvalue weighted by atomic mass is 16.5. The second-order valence-electron chi connectivity index (χ2n) is 19.9. The molecular weight excluding hydrogens is 1020 g/mol. The largest absolute Gasteiger partial charge is 0.494 e. The predicted molar refractivity (Wildman–Crippen MR) is 315 cm³/mol. The van der Waals surface area contributed by atoms with E-state index in [9.17, 15) is 24.4 Å². The molecule has 7 heterocycles. The third kappa shape index (κ3) is 9.25. The lowest BCUT2D eigenvalue weighted by Gasteiger charge is -2.14. The molecule has 0 fully saturated rings. The first-order valence-electron chi connectivity index (χ1n) is 26.7. The van der Waals surface area contributed by atoms with Crippen LogP contribution in [-0.2, 0) is 0 Å². The van der Waals surface area contributed by atoms with Crippen molar-refractivity contribution in [1.82, 2.24) is 29.7 Å². The van der Waals surface area contributed by atoms with Crippen LogP contribution in [0.5, 0.6) is 11.5 Å². The Balaban J connectivity index is 0.892. The molecule has 82 heavy (non-hydrogen) atoms. The molecule has 14 nitrogen and oxygen atoms in total. The van der Waals surface area contributed by atoms with Crippen molar-refractivity contribution in [3.63, 3.8) is 0 Å². The Morgan fingerprint density at radius 1 is 0.439 bits per heavy atom. The maximum atomic E-state index is 13.0. The van der Waals surface area contributed by atoms with E-state index in [-0.39, 0.29) is 49.9 Å². The van der Waals surface area contributed by atoms with Gasteiger partial charge in [-0.2, -0.15) is 5.26 Å². The van der Waals surface area contributed by atoms with E-state index >= 15 is 0 Å². The number of aromatic nitrogens is 4. The fourth-order valence-corrected chi connectivity index (χ4v) is 11.0. The molecule has 9 aromatic rings. The molecular formula is C68H46N8O6. The Morgan fingerprint density at radius 2 is 0.756 bits per heavy atom. The monoisotopic (exact) mass is 1070 g/mol. The van der Waals surface area contributed by atoms with Crippen LogP contribution in [0, 0.1) is 17.9 Å². The number of carbonyl (C=O) groups is 4. The second kappa shape index (κ2) is 21.2. The summed E-state index contributed by atoms with van der Waals surface area (Å²) in [5, 5.41) is 9.80. The average Bonchev–Trinajstić information content (AvgIpc) is 4.61. The smallest absolute Gasteiger partial charge is 0.261 e. The van der Waals surface area contributed by atoms with Crippen molar-refractivity contribution in [3.8, 4) is 62.1 Å². The van der Waals surface area contributed by atoms with E-state index < -0.39 is 0 Å². The number of amides is 4. The normalized spacial score (nSPS) is 13.1. The minimum atomic E-state index is -0.292. The number of imide groups is 2. The number of nitriles is 1. The second-order valence-corrected chi connectivity index (χ2v) is 19.9. The minimum Gasteiger partial charge on any atom is -0.494 e. The fourth-order valence-electron chi connectivity index (χ4n) is 11.0. The van der Waals surface area contributed by atoms with Crippen molar-refractivity contribution in [2.24, 2.45) is 0 Å². The zero-order chi connectivity index (χ0) is 55.8. The molecule has 4 aliphatic rings. The van der Waals surface area contributed by atoms with Gasteiger partial charge in [-0.25, -0.2) is 14.8 Å². The number of hydrogen-bond acceptors (Lipinski definition) is 9. The molecule has 0 radical (unpaired) electrons. The quantitative estimate of drug-likeness (QED) is 0.0609. The molecule has 0 aliphatic carbocycles. The third-order valence-corrected chi connectivity index (χ3v) is 15.0. The van der Waals surface area contributed by atoms with Crippen LogP contribution in [0.3, 0.4) is 0 Å². The lowest BCUT2D eigenvalue weighted by molar-refractivity contribution is 0.0630. The van der Waals surface area contributed by atoms with Crippen LogP contribution < -0.4 is 9.47 Å². The van der Waals surface area contributed by atoms with Crippen molar-refractivity contribution in [3.05, 3.63) is 232 Å². The molecule has 14 heteroatoms. The zero-order valence-electron chi connectivity index (χ0n) is 43.9. The summed E-state index contributed by atoms with van der Waals surface area (Å²) in [7, 11) is 0. The number of rotatable bonds is 14. The summed E-state index contributed by atoms with van der Waals surface area (Å²) in [6.07, 6.45) is 8.92. The summed E-state index contributed by atoms with van der Waals surface area (Å²) >= 11 is 0. The topological polar surface area (TPSA) is 179 Å². The molecule has 3 aromatic heterocycles. The van der Waals surface area contributed by atoms with E-state index in [2.05, 4.69) is 20.9 Å². The maximum Gasteiger partial charge on any atom is 0.261 e. The predicted octanol–water partition coefficient (Wildman–Crippen LogP) is 13.9. The van der Waals surface area contributed by atoms with Gasteiger partial charge in [0, 0.05) is 57.4 Å². The third-order valence-electron chi connectivity index (χ3n) is 15.0. The molecule has 6 aromatic carbocycles. The standard InChI is InChI=1S/C68H46N8O6/c1-70-46-22-16-43(17-23-46)62-55-30-34-59(73-55)63(44-18-24-47(25-19-44)81-38-6-36-75-65(77)49-8-2-3-9-50(49)66(75)78)57-32-28-53(71-57)61(42-14-12-41(40-69)13-15-42)54-29-33-58(72-54)64(60-35-31-56(62)74-60)45-20-26-48(27-21-45)82-39-7-37-76-67(79)51-10-4-5-11-52(51)68(76)80/h2-5,8-35,71,74H,6-7,36-39H2. The number of fused-ring (bicyclic) bond motifs is 10. The fraction of sp³-hybridized carbons (Fsp3) is 0.0882. The van der Waals surface area contributed by atoms with Crippen LogP contribution in [0.2, 0.25) is 0 Å². The molecule has 4 amide bonds. The molecule has 13 rings (SSSR count). The summed E-state index contributed by atoms with van der Waals surface area (Å²) in [5.74, 6) is 0.0715. The molecule has 0 spiro atoms. The van der Waals surface area contributed by atoms with Crippen LogP contribution in [0.1, 0.15) is 82.6 Å². The highest BCUT2D eigenvalue weighted by molar-refractivity contribution is 6.22. The summed E-state index contributed by atoms with van der Waals surface area (Å²) in [5.41, 5.74) is 15.3. The zero-order valence-corrected chi connectivity index (χ0v) is 43.9. The van der Waals surface area contributed by atoms with Crippen molar-refractivity contribution in [1.29, 1.82) is 5.26 Å². The van der Waals surface area contributed by atoms with Gasteiger partial charge in [-0.3, -0.25) is 29.0 Å². The Morgan fingerprint density at radius 3 is 1.07 bits per heavy atom. The number of benzene rings is 6. The summed E-state index contributed by atoms with van der Waals surface area (Å²) in [6, 6.07) is 54.6. The first-order chi connectivity index (χ1) is 40.2. The molecule has 2 N–H and O–H groups in total. The van der Waals surface area contributed by atoms with E-state index in [0.29, 0.717) is 80.6 Å². The first kappa shape index (κ1) is 50.3. The van der Waals surface area contributed by atoms with Gasteiger partial charge in [0.25, 0.3) is 23.6 Å². The van der Waals surface area contributed by atoms with Crippen molar-refractivity contribution < 1.29 is 28.7 Å². The van der Waals surface area contributed by atoms with Gasteiger partial charge in [-0.05, 0) is 144 Å². The Hall–Kier alpha value is -11.2. The number of nitrogens with zero attached hydrogens (tertiary/aromatic N) is 6. The van der Waals surface area contributed by atoms with Gasteiger partial charge in [0.1, 0.15) is 11.5 Å². The maximum absolute atomic E-state index is 13.0. The van der Waals surface area contributed by atoms with Gasteiger partial charge in [0.2, 0.25) is 0 Å². The van der Waals surface area contributed by atoms with Crippen molar-refractivity contribution in [2.75, 3.05) is 26.3 Å². The molecule has 4 aliphatic heterocycles. The van der Waals surface area contributed by atoms with Crippen molar-refractivity contribution in [2.45, 2.75) is 12.8 Å². The number of carbonyl (C=O) groups excluding carboxylic acids is 4. The Bertz CT molecular complexity index is 4090. The average molecular weight is 1070 g/mol. The lowest BCUT2D eigenvalue weighted by atomic mass is 10.0. The first-order valence-corrected chi connectivity index (χ1v) is 26.7. The van der Waals surface area contributed by atoms with E-state index in [4.69, 9.17) is 26.0 Å². The highest BCUT2D eigenvalue weighted by Crippen LogP contribution is 2.40. The number of aromatic amines is 2. The van der Waals surface area contributed by atoms with Gasteiger partial charge in [-0.15, -0.1) is 0 Å². The van der Waals surface area contributed by atoms with Crippen LogP contribution in [0.4, 0.5) is 5.69 Å². The van der Waals surface area contributed by atoms with E-state index in [1.165, 1.54) is 9.80 Å². The van der Waals surface area contributed by atoms with Gasteiger partial charge < -0.3 is 19.4 Å². The lowest BCUT2D eigenvalue weighted by Crippen LogP contribution is -2.31. The van der Waals surface area contributed by atoms with E-state index in [0.717, 1.165) is 66.6 Å².